The van der Waals surface area contributed by atoms with E-state index in [0.29, 0.717) is 0 Å². The third kappa shape index (κ3) is 4.17. The van der Waals surface area contributed by atoms with Crippen LogP contribution in [0.3, 0.4) is 0 Å². The predicted molar refractivity (Wildman–Crippen MR) is 93.5 cm³/mol. The second-order valence-electron chi connectivity index (χ2n) is 5.95. The zero-order chi connectivity index (χ0) is 17.1. The molecule has 2 N–H and O–H groups in total. The molecule has 1 fully saturated rings. The van der Waals surface area contributed by atoms with Crippen molar-refractivity contribution in [1.82, 2.24) is 20.2 Å². The van der Waals surface area contributed by atoms with Gasteiger partial charge in [0.05, 0.1) is 11.4 Å². The lowest BCUT2D eigenvalue weighted by Crippen LogP contribution is -2.41. The molecule has 0 bridgehead atoms. The van der Waals surface area contributed by atoms with Crippen LogP contribution in [0.15, 0.2) is 35.7 Å². The van der Waals surface area contributed by atoms with Gasteiger partial charge in [0, 0.05) is 18.4 Å². The summed E-state index contributed by atoms with van der Waals surface area (Å²) >= 11 is 1.31. The normalized spacial score (nSPS) is 13.6. The van der Waals surface area contributed by atoms with E-state index in [1.807, 2.05) is 24.6 Å². The molecule has 2 aromatic rings. The van der Waals surface area contributed by atoms with Crippen molar-refractivity contribution in [2.75, 3.05) is 5.75 Å². The molecule has 0 aliphatic heterocycles. The van der Waals surface area contributed by atoms with Crippen LogP contribution in [0, 0.1) is 13.8 Å². The molecule has 3 rings (SSSR count). The minimum absolute atomic E-state index is 0.139. The Hall–Kier alpha value is -2.28. The number of benzene rings is 1. The van der Waals surface area contributed by atoms with E-state index in [1.165, 1.54) is 11.8 Å². The summed E-state index contributed by atoms with van der Waals surface area (Å²) in [7, 11) is 0. The molecule has 0 spiro atoms. The summed E-state index contributed by atoms with van der Waals surface area (Å²) in [5.74, 6) is -0.186. The number of hydrogen-bond donors (Lipinski definition) is 2. The van der Waals surface area contributed by atoms with Gasteiger partial charge in [0.15, 0.2) is 5.16 Å². The van der Waals surface area contributed by atoms with Gasteiger partial charge >= 0.3 is 6.03 Å². The van der Waals surface area contributed by atoms with Crippen molar-refractivity contribution in [3.63, 3.8) is 0 Å². The van der Waals surface area contributed by atoms with Gasteiger partial charge in [-0.25, -0.2) is 9.78 Å². The van der Waals surface area contributed by atoms with E-state index in [9.17, 15) is 9.59 Å². The number of aromatic nitrogens is 2. The second kappa shape index (κ2) is 7.09. The van der Waals surface area contributed by atoms with E-state index >= 15 is 0 Å². The van der Waals surface area contributed by atoms with Crippen molar-refractivity contribution in [3.05, 3.63) is 41.7 Å². The number of urea groups is 1. The number of thioether (sulfide) groups is 1. The third-order valence-corrected chi connectivity index (χ3v) is 4.70. The van der Waals surface area contributed by atoms with Crippen LogP contribution in [-0.2, 0) is 4.79 Å². The van der Waals surface area contributed by atoms with Gasteiger partial charge in [-0.05, 0) is 43.9 Å². The molecule has 1 aliphatic carbocycles. The maximum absolute atomic E-state index is 11.9. The molecule has 1 aliphatic rings. The summed E-state index contributed by atoms with van der Waals surface area (Å²) in [6.45, 7) is 4.08. The molecular formula is C17H20N4O2S. The fraction of sp³-hybridized carbons (Fsp3) is 0.353. The number of hydrogen-bond acceptors (Lipinski definition) is 4. The predicted octanol–water partition coefficient (Wildman–Crippen LogP) is 2.57. The first kappa shape index (κ1) is 16.6. The Morgan fingerprint density at radius 3 is 2.88 bits per heavy atom. The first-order chi connectivity index (χ1) is 11.5. The van der Waals surface area contributed by atoms with E-state index in [2.05, 4.69) is 33.8 Å². The molecule has 1 aromatic carbocycles. The van der Waals surface area contributed by atoms with Crippen molar-refractivity contribution >= 4 is 23.7 Å². The number of aryl methyl sites for hydroxylation is 2. The van der Waals surface area contributed by atoms with E-state index in [0.717, 1.165) is 34.8 Å². The lowest BCUT2D eigenvalue weighted by Gasteiger charge is -2.11. The summed E-state index contributed by atoms with van der Waals surface area (Å²) in [5.41, 5.74) is 3.34. The van der Waals surface area contributed by atoms with E-state index in [-0.39, 0.29) is 17.7 Å². The lowest BCUT2D eigenvalue weighted by molar-refractivity contribution is -0.117. The molecule has 0 radical (unpaired) electrons. The number of nitrogens with one attached hydrogen (secondary N) is 2. The van der Waals surface area contributed by atoms with Gasteiger partial charge in [-0.3, -0.25) is 14.7 Å². The largest absolute Gasteiger partial charge is 0.335 e. The van der Waals surface area contributed by atoms with Gasteiger partial charge < -0.3 is 5.32 Å². The Bertz CT molecular complexity index is 768. The Morgan fingerprint density at radius 2 is 2.12 bits per heavy atom. The topological polar surface area (TPSA) is 76.0 Å². The van der Waals surface area contributed by atoms with E-state index < -0.39 is 6.03 Å². The van der Waals surface area contributed by atoms with Crippen molar-refractivity contribution in [2.45, 2.75) is 37.9 Å². The maximum atomic E-state index is 11.9. The molecule has 24 heavy (non-hydrogen) atoms. The van der Waals surface area contributed by atoms with Crippen LogP contribution in [0.4, 0.5) is 4.79 Å². The van der Waals surface area contributed by atoms with Crippen LogP contribution in [0.5, 0.6) is 0 Å². The number of carbonyl (C=O) groups excluding carboxylic acids is 2. The van der Waals surface area contributed by atoms with Gasteiger partial charge in [0.25, 0.3) is 0 Å². The van der Waals surface area contributed by atoms with Crippen LogP contribution >= 0.6 is 11.8 Å². The smallest absolute Gasteiger partial charge is 0.321 e. The van der Waals surface area contributed by atoms with E-state index in [4.69, 9.17) is 0 Å². The number of imidazole rings is 1. The maximum Gasteiger partial charge on any atom is 0.321 e. The summed E-state index contributed by atoms with van der Waals surface area (Å²) in [4.78, 5) is 27.8. The second-order valence-corrected chi connectivity index (χ2v) is 6.90. The quantitative estimate of drug-likeness (QED) is 0.818. The molecule has 7 heteroatoms. The molecule has 0 atom stereocenters. The molecular weight excluding hydrogens is 324 g/mol. The Kier molecular flexibility index (Phi) is 4.89. The average Bonchev–Trinajstić information content (AvgIpc) is 3.22. The number of imide groups is 1. The number of carbonyl (C=O) groups is 2. The third-order valence-electron chi connectivity index (χ3n) is 3.73. The van der Waals surface area contributed by atoms with Crippen LogP contribution in [0.1, 0.15) is 24.0 Å². The van der Waals surface area contributed by atoms with Crippen molar-refractivity contribution in [1.29, 1.82) is 0 Å². The lowest BCUT2D eigenvalue weighted by atomic mass is 10.1. The van der Waals surface area contributed by atoms with Gasteiger partial charge in [-0.1, -0.05) is 23.9 Å². The number of nitrogens with zero attached hydrogens (tertiary/aromatic N) is 2. The number of amides is 3. The Morgan fingerprint density at radius 1 is 1.33 bits per heavy atom. The molecule has 1 saturated carbocycles. The van der Waals surface area contributed by atoms with Crippen LogP contribution in [-0.4, -0.2) is 33.3 Å². The molecule has 0 unspecified atom stereocenters. The van der Waals surface area contributed by atoms with Crippen LogP contribution in [0.2, 0.25) is 0 Å². The fourth-order valence-electron chi connectivity index (χ4n) is 2.30. The fourth-order valence-corrected chi connectivity index (χ4v) is 3.07. The zero-order valence-corrected chi connectivity index (χ0v) is 14.5. The summed E-state index contributed by atoms with van der Waals surface area (Å²) in [5, 5.41) is 5.80. The highest BCUT2D eigenvalue weighted by atomic mass is 32.2. The molecule has 0 saturated heterocycles. The minimum Gasteiger partial charge on any atom is -0.335 e. The SMILES string of the molecule is Cc1ccc(C)c(-n2ccnc2SCC(=O)NC(=O)NC2CC2)c1. The van der Waals surface area contributed by atoms with Crippen molar-refractivity contribution in [2.24, 2.45) is 0 Å². The highest BCUT2D eigenvalue weighted by Gasteiger charge is 2.24. The highest BCUT2D eigenvalue weighted by Crippen LogP contribution is 2.23. The molecule has 1 heterocycles. The van der Waals surface area contributed by atoms with Crippen LogP contribution in [0.25, 0.3) is 5.69 Å². The van der Waals surface area contributed by atoms with E-state index in [1.54, 1.807) is 6.20 Å². The van der Waals surface area contributed by atoms with Gasteiger partial charge in [-0.15, -0.1) is 0 Å². The summed E-state index contributed by atoms with van der Waals surface area (Å²) in [6, 6.07) is 6.03. The minimum atomic E-state index is -0.416. The standard InChI is InChI=1S/C17H20N4O2S/c1-11-3-4-12(2)14(9-11)21-8-7-18-17(21)24-10-15(22)20-16(23)19-13-5-6-13/h3-4,7-9,13H,5-6,10H2,1-2H3,(H2,19,20,22,23). The Balaban J connectivity index is 1.62. The van der Waals surface area contributed by atoms with Crippen LogP contribution < -0.4 is 10.6 Å². The van der Waals surface area contributed by atoms with Crippen molar-refractivity contribution < 1.29 is 9.59 Å². The summed E-state index contributed by atoms with van der Waals surface area (Å²) in [6.07, 6.45) is 5.57. The first-order valence-electron chi connectivity index (χ1n) is 7.87. The Labute approximate surface area is 145 Å². The first-order valence-corrected chi connectivity index (χ1v) is 8.85. The van der Waals surface area contributed by atoms with Gasteiger partial charge in [0.2, 0.25) is 5.91 Å². The summed E-state index contributed by atoms with van der Waals surface area (Å²) < 4.78 is 1.96. The van der Waals surface area contributed by atoms with Crippen molar-refractivity contribution in [3.8, 4) is 5.69 Å². The molecule has 3 amide bonds. The molecule has 6 nitrogen and oxygen atoms in total. The number of rotatable bonds is 5. The highest BCUT2D eigenvalue weighted by molar-refractivity contribution is 7.99. The zero-order valence-electron chi connectivity index (χ0n) is 13.7. The average molecular weight is 344 g/mol. The van der Waals surface area contributed by atoms with Gasteiger partial charge in [0.1, 0.15) is 0 Å². The monoisotopic (exact) mass is 344 g/mol. The van der Waals surface area contributed by atoms with Gasteiger partial charge in [-0.2, -0.15) is 0 Å². The molecule has 1 aromatic heterocycles. The molecule has 126 valence electrons.